The molecule has 0 saturated carbocycles. The third kappa shape index (κ3) is 3.75. The number of benzene rings is 1. The summed E-state index contributed by atoms with van der Waals surface area (Å²) in [5, 5.41) is 5.98. The van der Waals surface area contributed by atoms with E-state index >= 15 is 0 Å². The van der Waals surface area contributed by atoms with Gasteiger partial charge in [0, 0.05) is 22.5 Å². The number of thiophene rings is 1. The molecule has 5 nitrogen and oxygen atoms in total. The summed E-state index contributed by atoms with van der Waals surface area (Å²) < 4.78 is 33.7. The van der Waals surface area contributed by atoms with Crippen LogP contribution in [0.5, 0.6) is 0 Å². The zero-order chi connectivity index (χ0) is 18.9. The van der Waals surface area contributed by atoms with E-state index in [0.29, 0.717) is 29.9 Å². The van der Waals surface area contributed by atoms with E-state index in [-0.39, 0.29) is 4.90 Å². The number of sulfonamides is 1. The Hall–Kier alpha value is -1.96. The molecule has 7 heteroatoms. The van der Waals surface area contributed by atoms with E-state index in [1.165, 1.54) is 10.4 Å². The molecule has 1 N–H and O–H groups in total. The van der Waals surface area contributed by atoms with Gasteiger partial charge in [-0.3, -0.25) is 0 Å². The number of rotatable bonds is 6. The highest BCUT2D eigenvalue weighted by Gasteiger charge is 2.20. The van der Waals surface area contributed by atoms with E-state index < -0.39 is 10.0 Å². The highest BCUT2D eigenvalue weighted by Crippen LogP contribution is 2.29. The van der Waals surface area contributed by atoms with E-state index in [9.17, 15) is 8.42 Å². The Morgan fingerprint density at radius 1 is 1.12 bits per heavy atom. The van der Waals surface area contributed by atoms with Crippen LogP contribution in [0.25, 0.3) is 11.3 Å². The van der Waals surface area contributed by atoms with Crippen molar-refractivity contribution in [2.24, 2.45) is 0 Å². The van der Waals surface area contributed by atoms with Crippen molar-refractivity contribution in [3.8, 4) is 11.3 Å². The molecule has 0 radical (unpaired) electrons. The van der Waals surface area contributed by atoms with Gasteiger partial charge in [-0.05, 0) is 62.8 Å². The lowest BCUT2D eigenvalue weighted by Crippen LogP contribution is -2.26. The van der Waals surface area contributed by atoms with Gasteiger partial charge in [0.2, 0.25) is 10.0 Å². The topological polar surface area (TPSA) is 72.2 Å². The van der Waals surface area contributed by atoms with Gasteiger partial charge in [-0.1, -0.05) is 17.3 Å². The largest absolute Gasteiger partial charge is 0.356 e. The van der Waals surface area contributed by atoms with Crippen LogP contribution in [0.4, 0.5) is 0 Å². The van der Waals surface area contributed by atoms with Gasteiger partial charge in [0.05, 0.1) is 10.6 Å². The Labute approximate surface area is 158 Å². The van der Waals surface area contributed by atoms with Crippen LogP contribution < -0.4 is 4.72 Å². The second-order valence-electron chi connectivity index (χ2n) is 6.38. The highest BCUT2D eigenvalue weighted by molar-refractivity contribution is 7.89. The summed E-state index contributed by atoms with van der Waals surface area (Å²) in [5.41, 5.74) is 4.32. The SMILES string of the molecule is Cc1ccc(-c2onc(C)c2C)cc1S(=O)(=O)NCCc1sccc1C. The average Bonchev–Trinajstić information content (AvgIpc) is 3.14. The maximum Gasteiger partial charge on any atom is 0.240 e. The zero-order valence-electron chi connectivity index (χ0n) is 15.3. The maximum atomic E-state index is 12.8. The van der Waals surface area contributed by atoms with Gasteiger partial charge in [0.1, 0.15) is 0 Å². The van der Waals surface area contributed by atoms with E-state index in [4.69, 9.17) is 4.52 Å². The number of nitrogens with one attached hydrogen (secondary N) is 1. The van der Waals surface area contributed by atoms with Gasteiger partial charge < -0.3 is 4.52 Å². The zero-order valence-corrected chi connectivity index (χ0v) is 16.9. The molecule has 2 heterocycles. The number of aromatic nitrogens is 1. The Morgan fingerprint density at radius 2 is 1.88 bits per heavy atom. The van der Waals surface area contributed by atoms with Gasteiger partial charge in [0.25, 0.3) is 0 Å². The summed E-state index contributed by atoms with van der Waals surface area (Å²) in [5.74, 6) is 0.605. The smallest absolute Gasteiger partial charge is 0.240 e. The fraction of sp³-hybridized carbons (Fsp3) is 0.316. The van der Waals surface area contributed by atoms with E-state index in [0.717, 1.165) is 11.3 Å². The normalized spacial score (nSPS) is 11.8. The van der Waals surface area contributed by atoms with Crippen molar-refractivity contribution < 1.29 is 12.9 Å². The van der Waals surface area contributed by atoms with Gasteiger partial charge >= 0.3 is 0 Å². The molecule has 0 spiro atoms. The summed E-state index contributed by atoms with van der Waals surface area (Å²) in [6, 6.07) is 7.35. The highest BCUT2D eigenvalue weighted by atomic mass is 32.2. The molecule has 26 heavy (non-hydrogen) atoms. The fourth-order valence-electron chi connectivity index (χ4n) is 2.75. The van der Waals surface area contributed by atoms with Crippen LogP contribution in [0.2, 0.25) is 0 Å². The van der Waals surface area contributed by atoms with Crippen molar-refractivity contribution in [1.82, 2.24) is 9.88 Å². The summed E-state index contributed by atoms with van der Waals surface area (Å²) in [7, 11) is -3.60. The van der Waals surface area contributed by atoms with Crippen molar-refractivity contribution in [1.29, 1.82) is 0 Å². The molecule has 0 unspecified atom stereocenters. The third-order valence-electron chi connectivity index (χ3n) is 4.51. The number of hydrogen-bond donors (Lipinski definition) is 1. The van der Waals surface area contributed by atoms with Crippen LogP contribution >= 0.6 is 11.3 Å². The van der Waals surface area contributed by atoms with Crippen molar-refractivity contribution in [2.45, 2.75) is 39.0 Å². The van der Waals surface area contributed by atoms with Crippen LogP contribution in [0, 0.1) is 27.7 Å². The molecule has 0 aliphatic heterocycles. The lowest BCUT2D eigenvalue weighted by molar-refractivity contribution is 0.426. The van der Waals surface area contributed by atoms with E-state index in [1.807, 2.05) is 38.3 Å². The molecule has 0 aliphatic rings. The maximum absolute atomic E-state index is 12.8. The van der Waals surface area contributed by atoms with E-state index in [2.05, 4.69) is 9.88 Å². The molecular formula is C19H22N2O3S2. The standard InChI is InChI=1S/C19H22N2O3S2/c1-12-8-10-25-17(12)7-9-20-26(22,23)18-11-16(6-5-13(18)2)19-14(3)15(4)21-24-19/h5-6,8,10-11,20H,7,9H2,1-4H3. The summed E-state index contributed by atoms with van der Waals surface area (Å²) in [6.45, 7) is 7.98. The molecule has 0 bridgehead atoms. The molecule has 138 valence electrons. The molecule has 3 aromatic rings. The summed E-state index contributed by atoms with van der Waals surface area (Å²) in [6.07, 6.45) is 0.682. The second-order valence-corrected chi connectivity index (χ2v) is 9.11. The summed E-state index contributed by atoms with van der Waals surface area (Å²) in [4.78, 5) is 1.47. The van der Waals surface area contributed by atoms with E-state index in [1.54, 1.807) is 30.4 Å². The predicted octanol–water partition coefficient (Wildman–Crippen LogP) is 4.16. The Morgan fingerprint density at radius 3 is 2.50 bits per heavy atom. The minimum absolute atomic E-state index is 0.270. The van der Waals surface area contributed by atoms with Crippen LogP contribution in [-0.4, -0.2) is 20.1 Å². The molecule has 3 rings (SSSR count). The first kappa shape index (κ1) is 18.8. The van der Waals surface area contributed by atoms with Gasteiger partial charge in [-0.2, -0.15) is 0 Å². The molecule has 0 fully saturated rings. The minimum atomic E-state index is -3.60. The van der Waals surface area contributed by atoms with Crippen molar-refractivity contribution in [2.75, 3.05) is 6.54 Å². The number of hydrogen-bond acceptors (Lipinski definition) is 5. The average molecular weight is 391 g/mol. The lowest BCUT2D eigenvalue weighted by atomic mass is 10.1. The molecule has 0 amide bonds. The molecule has 0 saturated heterocycles. The third-order valence-corrected chi connectivity index (χ3v) is 7.20. The number of nitrogens with zero attached hydrogens (tertiary/aromatic N) is 1. The molecule has 0 aliphatic carbocycles. The van der Waals surface area contributed by atoms with Gasteiger partial charge in [-0.15, -0.1) is 11.3 Å². The number of aryl methyl sites for hydroxylation is 3. The van der Waals surface area contributed by atoms with Crippen LogP contribution in [0.15, 0.2) is 39.1 Å². The minimum Gasteiger partial charge on any atom is -0.356 e. The van der Waals surface area contributed by atoms with Crippen molar-refractivity contribution in [3.63, 3.8) is 0 Å². The van der Waals surface area contributed by atoms with Crippen LogP contribution in [0.3, 0.4) is 0 Å². The predicted molar refractivity (Wildman–Crippen MR) is 104 cm³/mol. The first-order valence-corrected chi connectivity index (χ1v) is 10.7. The Balaban J connectivity index is 1.83. The lowest BCUT2D eigenvalue weighted by Gasteiger charge is -2.11. The summed E-state index contributed by atoms with van der Waals surface area (Å²) >= 11 is 1.65. The first-order valence-electron chi connectivity index (χ1n) is 8.36. The molecule has 0 atom stereocenters. The van der Waals surface area contributed by atoms with Gasteiger partial charge in [0.15, 0.2) is 5.76 Å². The molecule has 1 aromatic carbocycles. The van der Waals surface area contributed by atoms with Crippen LogP contribution in [0.1, 0.15) is 27.3 Å². The quantitative estimate of drug-likeness (QED) is 0.686. The first-order chi connectivity index (χ1) is 12.3. The Kier molecular flexibility index (Phi) is 5.32. The molecule has 2 aromatic heterocycles. The van der Waals surface area contributed by atoms with Gasteiger partial charge in [-0.25, -0.2) is 13.1 Å². The monoisotopic (exact) mass is 390 g/mol. The molecular weight excluding hydrogens is 368 g/mol. The van der Waals surface area contributed by atoms with Crippen LogP contribution in [-0.2, 0) is 16.4 Å². The second kappa shape index (κ2) is 7.34. The Bertz CT molecular complexity index is 1030. The van der Waals surface area contributed by atoms with Crippen molar-refractivity contribution >= 4 is 21.4 Å². The van der Waals surface area contributed by atoms with Crippen molar-refractivity contribution in [3.05, 3.63) is 56.9 Å². The fourth-order valence-corrected chi connectivity index (χ4v) is 4.96.